The van der Waals surface area contributed by atoms with Crippen LogP contribution < -0.4 is 14.4 Å². The van der Waals surface area contributed by atoms with Gasteiger partial charge in [-0.05, 0) is 54.7 Å². The number of aromatic nitrogens is 2. The Hall–Kier alpha value is -3.36. The highest BCUT2D eigenvalue weighted by atomic mass is 16.5. The third kappa shape index (κ3) is 4.55. The molecule has 0 saturated carbocycles. The van der Waals surface area contributed by atoms with Gasteiger partial charge in [0.05, 0.1) is 14.2 Å². The van der Waals surface area contributed by atoms with Crippen molar-refractivity contribution < 1.29 is 23.8 Å². The van der Waals surface area contributed by atoms with Gasteiger partial charge in [-0.2, -0.15) is 0 Å². The molecule has 0 spiro atoms. The molecule has 1 aromatic carbocycles. The van der Waals surface area contributed by atoms with Crippen molar-refractivity contribution in [3.63, 3.8) is 0 Å². The van der Waals surface area contributed by atoms with E-state index >= 15 is 0 Å². The van der Waals surface area contributed by atoms with Crippen molar-refractivity contribution in [3.8, 4) is 11.5 Å². The predicted octanol–water partition coefficient (Wildman–Crippen LogP) is 1.84. The van der Waals surface area contributed by atoms with Gasteiger partial charge in [-0.3, -0.25) is 4.79 Å². The molecule has 1 saturated heterocycles. The zero-order chi connectivity index (χ0) is 21.8. The van der Waals surface area contributed by atoms with E-state index in [0.717, 1.165) is 42.9 Å². The Kier molecular flexibility index (Phi) is 6.20. The van der Waals surface area contributed by atoms with Crippen LogP contribution in [0.25, 0.3) is 0 Å². The fraction of sp³-hybridized carbons (Fsp3) is 0.455. The first kappa shape index (κ1) is 20.9. The van der Waals surface area contributed by atoms with E-state index in [9.17, 15) is 9.59 Å². The highest BCUT2D eigenvalue weighted by Gasteiger charge is 2.24. The minimum absolute atomic E-state index is 0.0940. The summed E-state index contributed by atoms with van der Waals surface area (Å²) in [5, 5.41) is 8.07. The number of carbonyl (C=O) groups excluding carboxylic acids is 2. The van der Waals surface area contributed by atoms with Crippen molar-refractivity contribution >= 4 is 17.7 Å². The molecule has 31 heavy (non-hydrogen) atoms. The zero-order valence-electron chi connectivity index (χ0n) is 17.8. The first-order valence-corrected chi connectivity index (χ1v) is 10.4. The summed E-state index contributed by atoms with van der Waals surface area (Å²) in [5.41, 5.74) is 2.20. The molecule has 3 heterocycles. The van der Waals surface area contributed by atoms with Crippen molar-refractivity contribution in [1.82, 2.24) is 15.1 Å². The van der Waals surface area contributed by atoms with Crippen molar-refractivity contribution in [3.05, 3.63) is 41.1 Å². The fourth-order valence-corrected chi connectivity index (χ4v) is 3.94. The number of hydrogen-bond acceptors (Lipinski definition) is 8. The summed E-state index contributed by atoms with van der Waals surface area (Å²) in [5.74, 6) is 1.14. The lowest BCUT2D eigenvalue weighted by Crippen LogP contribution is -2.38. The molecule has 0 aliphatic carbocycles. The number of ether oxygens (including phenoxy) is 3. The predicted molar refractivity (Wildman–Crippen MR) is 112 cm³/mol. The number of carbonyl (C=O) groups is 2. The molecule has 1 amide bonds. The minimum Gasteiger partial charge on any atom is -0.493 e. The van der Waals surface area contributed by atoms with E-state index in [-0.39, 0.29) is 18.2 Å². The van der Waals surface area contributed by atoms with Gasteiger partial charge in [0.15, 0.2) is 29.6 Å². The van der Waals surface area contributed by atoms with Crippen LogP contribution in [0.15, 0.2) is 24.3 Å². The topological polar surface area (TPSA) is 94.1 Å². The van der Waals surface area contributed by atoms with Crippen molar-refractivity contribution in [1.29, 1.82) is 0 Å². The van der Waals surface area contributed by atoms with Gasteiger partial charge in [-0.25, -0.2) is 4.79 Å². The third-order valence-corrected chi connectivity index (χ3v) is 5.69. The standard InChI is InChI=1S/C22H26N4O5/c1-29-18-11-15-7-10-26(13-16(15)12-19(18)30-2)21(27)14-31-22(28)17-5-6-20(24-23-17)25-8-3-4-9-25/h5-6,11-12H,3-4,7-10,13-14H2,1-2H3. The minimum atomic E-state index is -0.655. The van der Waals surface area contributed by atoms with E-state index in [1.807, 2.05) is 12.1 Å². The van der Waals surface area contributed by atoms with Gasteiger partial charge in [-0.1, -0.05) is 0 Å². The molecule has 164 valence electrons. The molecular weight excluding hydrogens is 400 g/mol. The average Bonchev–Trinajstić information content (AvgIpc) is 3.36. The van der Waals surface area contributed by atoms with Crippen LogP contribution in [-0.4, -0.2) is 67.4 Å². The summed E-state index contributed by atoms with van der Waals surface area (Å²) in [4.78, 5) is 28.7. The van der Waals surface area contributed by atoms with Crippen LogP contribution in [0.2, 0.25) is 0 Å². The summed E-state index contributed by atoms with van der Waals surface area (Å²) in [7, 11) is 3.18. The molecule has 0 N–H and O–H groups in total. The maximum Gasteiger partial charge on any atom is 0.359 e. The van der Waals surface area contributed by atoms with Crippen LogP contribution in [0.4, 0.5) is 5.82 Å². The number of methoxy groups -OCH3 is 2. The Labute approximate surface area is 180 Å². The Morgan fingerprint density at radius 3 is 2.32 bits per heavy atom. The molecular formula is C22H26N4O5. The first-order chi connectivity index (χ1) is 15.1. The van der Waals surface area contributed by atoms with E-state index in [2.05, 4.69) is 15.1 Å². The van der Waals surface area contributed by atoms with Crippen LogP contribution in [0.5, 0.6) is 11.5 Å². The number of fused-ring (bicyclic) bond motifs is 1. The SMILES string of the molecule is COc1cc2c(cc1OC)CN(C(=O)COC(=O)c1ccc(N3CCCC3)nn1)CC2. The quantitative estimate of drug-likeness (QED) is 0.646. The number of amides is 1. The summed E-state index contributed by atoms with van der Waals surface area (Å²) in [6.07, 6.45) is 2.96. The van der Waals surface area contributed by atoms with Gasteiger partial charge in [0.2, 0.25) is 0 Å². The Morgan fingerprint density at radius 1 is 0.968 bits per heavy atom. The van der Waals surface area contributed by atoms with Gasteiger partial charge in [0.1, 0.15) is 0 Å². The number of hydrogen-bond donors (Lipinski definition) is 0. The van der Waals surface area contributed by atoms with Gasteiger partial charge in [0, 0.05) is 26.2 Å². The lowest BCUT2D eigenvalue weighted by molar-refractivity contribution is -0.135. The van der Waals surface area contributed by atoms with Crippen LogP contribution in [-0.2, 0) is 22.5 Å². The first-order valence-electron chi connectivity index (χ1n) is 10.4. The average molecular weight is 426 g/mol. The summed E-state index contributed by atoms with van der Waals surface area (Å²) in [6, 6.07) is 7.18. The molecule has 2 aromatic rings. The summed E-state index contributed by atoms with van der Waals surface area (Å²) < 4.78 is 15.9. The monoisotopic (exact) mass is 426 g/mol. The summed E-state index contributed by atoms with van der Waals surface area (Å²) in [6.45, 7) is 2.53. The molecule has 1 aromatic heterocycles. The van der Waals surface area contributed by atoms with Crippen molar-refractivity contribution in [2.75, 3.05) is 45.4 Å². The third-order valence-electron chi connectivity index (χ3n) is 5.69. The Morgan fingerprint density at radius 2 is 1.68 bits per heavy atom. The maximum absolute atomic E-state index is 12.6. The maximum atomic E-state index is 12.6. The lowest BCUT2D eigenvalue weighted by Gasteiger charge is -2.29. The molecule has 0 radical (unpaired) electrons. The van der Waals surface area contributed by atoms with Crippen LogP contribution in [0.1, 0.15) is 34.5 Å². The lowest BCUT2D eigenvalue weighted by atomic mass is 9.99. The molecule has 4 rings (SSSR count). The largest absolute Gasteiger partial charge is 0.493 e. The van der Waals surface area contributed by atoms with Crippen molar-refractivity contribution in [2.45, 2.75) is 25.8 Å². The van der Waals surface area contributed by atoms with Crippen LogP contribution in [0.3, 0.4) is 0 Å². The zero-order valence-corrected chi connectivity index (χ0v) is 17.8. The van der Waals surface area contributed by atoms with E-state index in [0.29, 0.717) is 31.0 Å². The molecule has 0 unspecified atom stereocenters. The Balaban J connectivity index is 1.33. The molecule has 9 nitrogen and oxygen atoms in total. The summed E-state index contributed by atoms with van der Waals surface area (Å²) >= 11 is 0. The van der Waals surface area contributed by atoms with Gasteiger partial charge >= 0.3 is 5.97 Å². The van der Waals surface area contributed by atoms with E-state index < -0.39 is 5.97 Å². The number of nitrogens with zero attached hydrogens (tertiary/aromatic N) is 4. The molecule has 9 heteroatoms. The Bertz CT molecular complexity index is 957. The van der Waals surface area contributed by atoms with Gasteiger partial charge < -0.3 is 24.0 Å². The highest BCUT2D eigenvalue weighted by Crippen LogP contribution is 2.33. The second-order valence-corrected chi connectivity index (χ2v) is 7.59. The van der Waals surface area contributed by atoms with E-state index in [4.69, 9.17) is 14.2 Å². The van der Waals surface area contributed by atoms with E-state index in [1.54, 1.807) is 31.3 Å². The van der Waals surface area contributed by atoms with Gasteiger partial charge in [0.25, 0.3) is 5.91 Å². The molecule has 2 aliphatic heterocycles. The second kappa shape index (κ2) is 9.20. The van der Waals surface area contributed by atoms with Crippen molar-refractivity contribution in [2.24, 2.45) is 0 Å². The molecule has 1 fully saturated rings. The van der Waals surface area contributed by atoms with E-state index in [1.165, 1.54) is 0 Å². The van der Waals surface area contributed by atoms with Crippen LogP contribution >= 0.6 is 0 Å². The number of benzene rings is 1. The normalized spacial score (nSPS) is 15.4. The highest BCUT2D eigenvalue weighted by molar-refractivity contribution is 5.89. The second-order valence-electron chi connectivity index (χ2n) is 7.59. The fourth-order valence-electron chi connectivity index (χ4n) is 3.94. The number of esters is 1. The number of anilines is 1. The van der Waals surface area contributed by atoms with Crippen LogP contribution in [0, 0.1) is 0 Å². The molecule has 0 bridgehead atoms. The number of rotatable bonds is 6. The smallest absolute Gasteiger partial charge is 0.359 e. The van der Waals surface area contributed by atoms with Gasteiger partial charge in [-0.15, -0.1) is 10.2 Å². The molecule has 0 atom stereocenters. The molecule has 2 aliphatic rings.